The van der Waals surface area contributed by atoms with E-state index in [0.717, 1.165) is 42.4 Å². The summed E-state index contributed by atoms with van der Waals surface area (Å²) in [6.07, 6.45) is 5.83. The van der Waals surface area contributed by atoms with Crippen LogP contribution in [0.1, 0.15) is 18.7 Å². The van der Waals surface area contributed by atoms with E-state index < -0.39 is 0 Å². The minimum atomic E-state index is 0. The molecule has 1 heterocycles. The molecule has 0 aliphatic heterocycles. The first-order chi connectivity index (χ1) is 13.2. The van der Waals surface area contributed by atoms with Crippen LogP contribution in [0, 0.1) is 6.92 Å². The van der Waals surface area contributed by atoms with E-state index in [1.165, 1.54) is 0 Å². The van der Waals surface area contributed by atoms with Gasteiger partial charge in [0.05, 0.1) is 0 Å². The van der Waals surface area contributed by atoms with E-state index in [1.807, 2.05) is 73.9 Å². The van der Waals surface area contributed by atoms with Crippen LogP contribution in [0.3, 0.4) is 0 Å². The summed E-state index contributed by atoms with van der Waals surface area (Å²) < 4.78 is 7.97. The Morgan fingerprint density at radius 2 is 1.89 bits per heavy atom. The zero-order chi connectivity index (χ0) is 18.9. The molecule has 28 heavy (non-hydrogen) atoms. The van der Waals surface area contributed by atoms with Crippen LogP contribution < -0.4 is 15.8 Å². The van der Waals surface area contributed by atoms with Crippen LogP contribution in [0.5, 0.6) is 11.5 Å². The zero-order valence-electron chi connectivity index (χ0n) is 15.9. The highest BCUT2D eigenvalue weighted by Gasteiger charge is 2.01. The van der Waals surface area contributed by atoms with Gasteiger partial charge in [0.2, 0.25) is 0 Å². The summed E-state index contributed by atoms with van der Waals surface area (Å²) in [7, 11) is 0. The maximum Gasteiger partial charge on any atom is 0.193 e. The Hall–Kier alpha value is -2.55. The molecule has 3 rings (SSSR count). The van der Waals surface area contributed by atoms with Crippen molar-refractivity contribution in [2.75, 3.05) is 11.9 Å². The minimum absolute atomic E-state index is 0. The van der Waals surface area contributed by atoms with E-state index in [4.69, 9.17) is 10.5 Å². The Labute approximate surface area is 182 Å². The number of ether oxygens (including phenoxy) is 1. The molecule has 0 aliphatic rings. The number of anilines is 1. The molecular formula is C21H26IN5O. The first-order valence-electron chi connectivity index (χ1n) is 9.08. The van der Waals surface area contributed by atoms with Crippen LogP contribution >= 0.6 is 24.0 Å². The highest BCUT2D eigenvalue weighted by Crippen LogP contribution is 2.23. The van der Waals surface area contributed by atoms with E-state index >= 15 is 0 Å². The molecule has 0 atom stereocenters. The van der Waals surface area contributed by atoms with Gasteiger partial charge < -0.3 is 20.4 Å². The van der Waals surface area contributed by atoms with Gasteiger partial charge in [0.25, 0.3) is 0 Å². The third kappa shape index (κ3) is 6.88. The summed E-state index contributed by atoms with van der Waals surface area (Å²) in [6, 6.07) is 17.3. The molecule has 3 N–H and O–H groups in total. The van der Waals surface area contributed by atoms with E-state index in [9.17, 15) is 0 Å². The van der Waals surface area contributed by atoms with Crippen LogP contribution in [-0.4, -0.2) is 22.1 Å². The molecular weight excluding hydrogens is 465 g/mol. The van der Waals surface area contributed by atoms with Crippen molar-refractivity contribution in [3.8, 4) is 11.5 Å². The minimum Gasteiger partial charge on any atom is -0.457 e. The number of rotatable bonds is 8. The lowest BCUT2D eigenvalue weighted by molar-refractivity contribution is 0.483. The normalized spacial score (nSPS) is 11.0. The first kappa shape index (κ1) is 21.7. The van der Waals surface area contributed by atoms with Gasteiger partial charge in [-0.15, -0.1) is 24.0 Å². The van der Waals surface area contributed by atoms with Crippen molar-refractivity contribution in [2.45, 2.75) is 26.3 Å². The number of unbranched alkanes of at least 4 members (excludes halogenated alkanes) is 1. The summed E-state index contributed by atoms with van der Waals surface area (Å²) in [5.41, 5.74) is 6.84. The number of para-hydroxylation sites is 1. The number of nitrogens with one attached hydrogen (secondary N) is 1. The number of aryl methyl sites for hydroxylation is 2. The lowest BCUT2D eigenvalue weighted by atomic mass is 10.3. The van der Waals surface area contributed by atoms with Gasteiger partial charge in [-0.25, -0.2) is 4.98 Å². The highest BCUT2D eigenvalue weighted by atomic mass is 127. The third-order valence-corrected chi connectivity index (χ3v) is 4.10. The second kappa shape index (κ2) is 11.3. The van der Waals surface area contributed by atoms with E-state index in [0.29, 0.717) is 12.5 Å². The molecule has 0 radical (unpaired) electrons. The quantitative estimate of drug-likeness (QED) is 0.205. The van der Waals surface area contributed by atoms with Crippen LogP contribution in [0.4, 0.5) is 5.69 Å². The van der Waals surface area contributed by atoms with Gasteiger partial charge >= 0.3 is 0 Å². The molecule has 1 aromatic heterocycles. The summed E-state index contributed by atoms with van der Waals surface area (Å²) >= 11 is 0. The monoisotopic (exact) mass is 491 g/mol. The van der Waals surface area contributed by atoms with Crippen molar-refractivity contribution in [1.29, 1.82) is 0 Å². The standard InChI is InChI=1S/C21H25N5O.HI/c1-17-23-13-15-26(17)14-6-5-12-24-21(22)25-18-8-7-11-20(16-18)27-19-9-3-2-4-10-19;/h2-4,7-11,13,15-16H,5-6,12,14H2,1H3,(H3,22,24,25);1H. The Bertz CT molecular complexity index is 879. The third-order valence-electron chi connectivity index (χ3n) is 4.10. The summed E-state index contributed by atoms with van der Waals surface area (Å²) in [5, 5.41) is 3.11. The second-order valence-electron chi connectivity index (χ2n) is 6.21. The fourth-order valence-electron chi connectivity index (χ4n) is 2.68. The smallest absolute Gasteiger partial charge is 0.193 e. The highest BCUT2D eigenvalue weighted by molar-refractivity contribution is 14.0. The largest absolute Gasteiger partial charge is 0.457 e. The topological polar surface area (TPSA) is 77.5 Å². The number of nitrogens with two attached hydrogens (primary N) is 1. The number of benzene rings is 2. The maximum atomic E-state index is 5.99. The van der Waals surface area contributed by atoms with Gasteiger partial charge in [0.15, 0.2) is 5.96 Å². The number of aromatic nitrogens is 2. The van der Waals surface area contributed by atoms with Crippen molar-refractivity contribution in [2.24, 2.45) is 10.7 Å². The Kier molecular flexibility index (Phi) is 8.80. The fraction of sp³-hybridized carbons (Fsp3) is 0.238. The fourth-order valence-corrected chi connectivity index (χ4v) is 2.68. The first-order valence-corrected chi connectivity index (χ1v) is 9.08. The lowest BCUT2D eigenvalue weighted by Gasteiger charge is -2.09. The number of guanidine groups is 1. The average molecular weight is 491 g/mol. The Morgan fingerprint density at radius 1 is 1.11 bits per heavy atom. The van der Waals surface area contributed by atoms with Gasteiger partial charge in [-0.2, -0.15) is 0 Å². The molecule has 6 nitrogen and oxygen atoms in total. The molecule has 0 unspecified atom stereocenters. The number of aliphatic imine (C=N–C) groups is 1. The molecule has 0 bridgehead atoms. The molecule has 0 spiro atoms. The molecule has 0 amide bonds. The van der Waals surface area contributed by atoms with Gasteiger partial charge in [-0.1, -0.05) is 24.3 Å². The maximum absolute atomic E-state index is 5.99. The van der Waals surface area contributed by atoms with Crippen LogP contribution in [0.25, 0.3) is 0 Å². The number of nitrogens with zero attached hydrogens (tertiary/aromatic N) is 3. The number of imidazole rings is 1. The Morgan fingerprint density at radius 3 is 2.64 bits per heavy atom. The van der Waals surface area contributed by atoms with Gasteiger partial charge in [-0.3, -0.25) is 4.99 Å². The second-order valence-corrected chi connectivity index (χ2v) is 6.21. The molecule has 0 aliphatic carbocycles. The molecule has 2 aromatic carbocycles. The van der Waals surface area contributed by atoms with Gasteiger partial charge in [0, 0.05) is 37.2 Å². The molecule has 148 valence electrons. The van der Waals surface area contributed by atoms with Crippen molar-refractivity contribution in [3.05, 3.63) is 72.8 Å². The van der Waals surface area contributed by atoms with Crippen LogP contribution in [-0.2, 0) is 6.54 Å². The number of hydrogen-bond acceptors (Lipinski definition) is 3. The van der Waals surface area contributed by atoms with E-state index in [-0.39, 0.29) is 24.0 Å². The van der Waals surface area contributed by atoms with Gasteiger partial charge in [-0.05, 0) is 44.0 Å². The lowest BCUT2D eigenvalue weighted by Crippen LogP contribution is -2.22. The number of halogens is 1. The summed E-state index contributed by atoms with van der Waals surface area (Å²) in [5.74, 6) is 2.99. The molecule has 0 saturated carbocycles. The van der Waals surface area contributed by atoms with Crippen molar-refractivity contribution in [3.63, 3.8) is 0 Å². The predicted octanol–water partition coefficient (Wildman–Crippen LogP) is 4.81. The molecule has 0 fully saturated rings. The SMILES string of the molecule is Cc1nccn1CCCCN=C(N)Nc1cccc(Oc2ccccc2)c1.I. The molecule has 0 saturated heterocycles. The number of hydrogen-bond donors (Lipinski definition) is 2. The van der Waals surface area contributed by atoms with Gasteiger partial charge in [0.1, 0.15) is 17.3 Å². The molecule has 7 heteroatoms. The average Bonchev–Trinajstić information content (AvgIpc) is 3.07. The van der Waals surface area contributed by atoms with Crippen molar-refractivity contribution in [1.82, 2.24) is 9.55 Å². The summed E-state index contributed by atoms with van der Waals surface area (Å²) in [6.45, 7) is 3.65. The van der Waals surface area contributed by atoms with Crippen LogP contribution in [0.2, 0.25) is 0 Å². The summed E-state index contributed by atoms with van der Waals surface area (Å²) in [4.78, 5) is 8.61. The Balaban J connectivity index is 0.00000280. The molecule has 3 aromatic rings. The van der Waals surface area contributed by atoms with E-state index in [1.54, 1.807) is 0 Å². The zero-order valence-corrected chi connectivity index (χ0v) is 18.2. The predicted molar refractivity (Wildman–Crippen MR) is 125 cm³/mol. The van der Waals surface area contributed by atoms with E-state index in [2.05, 4.69) is 19.9 Å². The van der Waals surface area contributed by atoms with Crippen LogP contribution in [0.15, 0.2) is 72.0 Å². The van der Waals surface area contributed by atoms with Crippen molar-refractivity contribution < 1.29 is 4.74 Å². The van der Waals surface area contributed by atoms with Crippen molar-refractivity contribution >= 4 is 35.6 Å².